The molecular weight excluding hydrogens is 372 g/mol. The monoisotopic (exact) mass is 402 g/mol. The van der Waals surface area contributed by atoms with E-state index >= 15 is 0 Å². The summed E-state index contributed by atoms with van der Waals surface area (Å²) in [6.07, 6.45) is 0.149. The van der Waals surface area contributed by atoms with Gasteiger partial charge in [-0.2, -0.15) is 0 Å². The largest absolute Gasteiger partial charge is 0.490 e. The predicted octanol–water partition coefficient (Wildman–Crippen LogP) is 4.89. The Morgan fingerprint density at radius 2 is 1.61 bits per heavy atom. The van der Waals surface area contributed by atoms with Crippen molar-refractivity contribution >= 4 is 9.84 Å². The van der Waals surface area contributed by atoms with Gasteiger partial charge in [0.1, 0.15) is 18.5 Å². The topological polar surface area (TPSA) is 55.9 Å². The van der Waals surface area contributed by atoms with Crippen molar-refractivity contribution < 1.29 is 17.9 Å². The minimum Gasteiger partial charge on any atom is -0.490 e. The zero-order valence-electron chi connectivity index (χ0n) is 17.6. The molecule has 0 N–H and O–H groups in total. The second-order valence-corrected chi connectivity index (χ2v) is 11.4. The van der Waals surface area contributed by atoms with E-state index in [-0.39, 0.29) is 16.9 Å². The summed E-state index contributed by atoms with van der Waals surface area (Å²) in [4.78, 5) is 0.610. The van der Waals surface area contributed by atoms with Gasteiger partial charge in [0.25, 0.3) is 0 Å². The maximum Gasteiger partial charge on any atom is 0.206 e. The molecule has 4 nitrogen and oxygen atoms in total. The van der Waals surface area contributed by atoms with Crippen LogP contribution in [0.1, 0.15) is 52.7 Å². The standard InChI is InChI=1S/C23H30O4S/c1-22(2,3)16-8-7-9-18(12-16)28(24,25)19-10-11-21(27-15-17-14-26-17)20(13-19)23(4,5)6/h7-13,17H,14-15H2,1-6H3. The predicted molar refractivity (Wildman–Crippen MR) is 111 cm³/mol. The van der Waals surface area contributed by atoms with E-state index in [1.807, 2.05) is 12.1 Å². The lowest BCUT2D eigenvalue weighted by Gasteiger charge is -2.24. The summed E-state index contributed by atoms with van der Waals surface area (Å²) in [5.41, 5.74) is 1.50. The second-order valence-electron chi connectivity index (χ2n) is 9.46. The van der Waals surface area contributed by atoms with E-state index in [4.69, 9.17) is 9.47 Å². The zero-order chi connectivity index (χ0) is 20.7. The molecule has 0 radical (unpaired) electrons. The number of sulfone groups is 1. The smallest absolute Gasteiger partial charge is 0.206 e. The molecule has 152 valence electrons. The molecule has 1 atom stereocenters. The number of ether oxygens (including phenoxy) is 2. The van der Waals surface area contributed by atoms with E-state index in [2.05, 4.69) is 41.5 Å². The fourth-order valence-electron chi connectivity index (χ4n) is 3.00. The molecule has 1 saturated heterocycles. The molecule has 0 bridgehead atoms. The van der Waals surface area contributed by atoms with Gasteiger partial charge in [-0.25, -0.2) is 8.42 Å². The van der Waals surface area contributed by atoms with E-state index in [1.165, 1.54) is 0 Å². The van der Waals surface area contributed by atoms with Gasteiger partial charge in [0.15, 0.2) is 0 Å². The average molecular weight is 403 g/mol. The van der Waals surface area contributed by atoms with E-state index in [0.29, 0.717) is 22.1 Å². The van der Waals surface area contributed by atoms with Gasteiger partial charge >= 0.3 is 0 Å². The van der Waals surface area contributed by atoms with Crippen LogP contribution in [-0.4, -0.2) is 27.7 Å². The van der Waals surface area contributed by atoms with Gasteiger partial charge < -0.3 is 9.47 Å². The molecule has 0 aromatic heterocycles. The van der Waals surface area contributed by atoms with Gasteiger partial charge in [-0.3, -0.25) is 0 Å². The lowest BCUT2D eigenvalue weighted by molar-refractivity contribution is 0.258. The van der Waals surface area contributed by atoms with Crippen LogP contribution in [0.3, 0.4) is 0 Å². The third kappa shape index (κ3) is 4.58. The van der Waals surface area contributed by atoms with Crippen LogP contribution in [0.5, 0.6) is 5.75 Å². The Bertz CT molecular complexity index is 959. The lowest BCUT2D eigenvalue weighted by Crippen LogP contribution is -2.16. The summed E-state index contributed by atoms with van der Waals surface area (Å²) in [6, 6.07) is 12.4. The van der Waals surface area contributed by atoms with E-state index in [1.54, 1.807) is 30.3 Å². The summed E-state index contributed by atoms with van der Waals surface area (Å²) in [7, 11) is -3.62. The van der Waals surface area contributed by atoms with Crippen LogP contribution in [0.4, 0.5) is 0 Å². The van der Waals surface area contributed by atoms with Crippen molar-refractivity contribution in [1.29, 1.82) is 0 Å². The highest BCUT2D eigenvalue weighted by Gasteiger charge is 2.28. The first-order valence-electron chi connectivity index (χ1n) is 9.63. The Kier molecular flexibility index (Phi) is 5.36. The molecule has 1 fully saturated rings. The molecule has 1 aliphatic rings. The maximum absolute atomic E-state index is 13.3. The molecule has 1 heterocycles. The average Bonchev–Trinajstić information content (AvgIpc) is 3.43. The number of epoxide rings is 1. The van der Waals surface area contributed by atoms with E-state index in [0.717, 1.165) is 17.7 Å². The van der Waals surface area contributed by atoms with Crippen molar-refractivity contribution in [1.82, 2.24) is 0 Å². The number of benzene rings is 2. The van der Waals surface area contributed by atoms with Crippen LogP contribution in [0.15, 0.2) is 52.3 Å². The summed E-state index contributed by atoms with van der Waals surface area (Å²) in [5, 5.41) is 0. The highest BCUT2D eigenvalue weighted by atomic mass is 32.2. The molecule has 0 amide bonds. The van der Waals surface area contributed by atoms with Crippen LogP contribution < -0.4 is 4.74 Å². The highest BCUT2D eigenvalue weighted by Crippen LogP contribution is 2.36. The van der Waals surface area contributed by atoms with E-state index < -0.39 is 9.84 Å². The molecule has 2 aromatic carbocycles. The van der Waals surface area contributed by atoms with Crippen molar-refractivity contribution in [3.8, 4) is 5.75 Å². The number of rotatable bonds is 5. The van der Waals surface area contributed by atoms with Crippen molar-refractivity contribution in [3.63, 3.8) is 0 Å². The molecule has 28 heavy (non-hydrogen) atoms. The van der Waals surface area contributed by atoms with Crippen LogP contribution in [0, 0.1) is 0 Å². The van der Waals surface area contributed by atoms with Crippen LogP contribution in [0.2, 0.25) is 0 Å². The molecule has 5 heteroatoms. The van der Waals surface area contributed by atoms with Crippen molar-refractivity contribution in [2.45, 2.75) is 68.3 Å². The second kappa shape index (κ2) is 7.20. The van der Waals surface area contributed by atoms with Gasteiger partial charge in [0, 0.05) is 5.56 Å². The molecule has 3 rings (SSSR count). The highest BCUT2D eigenvalue weighted by molar-refractivity contribution is 7.91. The zero-order valence-corrected chi connectivity index (χ0v) is 18.4. The van der Waals surface area contributed by atoms with Crippen LogP contribution >= 0.6 is 0 Å². The maximum atomic E-state index is 13.3. The molecule has 1 aliphatic heterocycles. The molecule has 1 unspecified atom stereocenters. The van der Waals surface area contributed by atoms with E-state index in [9.17, 15) is 8.42 Å². The van der Waals surface area contributed by atoms with Crippen LogP contribution in [-0.2, 0) is 25.4 Å². The van der Waals surface area contributed by atoms with Gasteiger partial charge in [-0.05, 0) is 46.7 Å². The summed E-state index contributed by atoms with van der Waals surface area (Å²) in [5.74, 6) is 0.713. The minimum atomic E-state index is -3.62. The van der Waals surface area contributed by atoms with Gasteiger partial charge in [-0.15, -0.1) is 0 Å². The quantitative estimate of drug-likeness (QED) is 0.668. The summed E-state index contributed by atoms with van der Waals surface area (Å²) >= 11 is 0. The van der Waals surface area contributed by atoms with Crippen LogP contribution in [0.25, 0.3) is 0 Å². The first-order chi connectivity index (χ1) is 12.9. The molecule has 0 saturated carbocycles. The minimum absolute atomic E-state index is 0.120. The third-order valence-electron chi connectivity index (χ3n) is 4.91. The van der Waals surface area contributed by atoms with Gasteiger partial charge in [0.2, 0.25) is 9.84 Å². The molecule has 0 spiro atoms. The number of hydrogen-bond donors (Lipinski definition) is 0. The molecule has 0 aliphatic carbocycles. The Balaban J connectivity index is 2.02. The fraction of sp³-hybridized carbons (Fsp3) is 0.478. The summed E-state index contributed by atoms with van der Waals surface area (Å²) in [6.45, 7) is 13.6. The first kappa shape index (κ1) is 20.9. The normalized spacial score (nSPS) is 17.4. The van der Waals surface area contributed by atoms with Gasteiger partial charge in [-0.1, -0.05) is 53.7 Å². The Labute approximate surface area is 168 Å². The molecule has 2 aromatic rings. The Morgan fingerprint density at radius 1 is 0.964 bits per heavy atom. The summed E-state index contributed by atoms with van der Waals surface area (Å²) < 4.78 is 37.8. The third-order valence-corrected chi connectivity index (χ3v) is 6.66. The van der Waals surface area contributed by atoms with Crippen molar-refractivity contribution in [2.75, 3.05) is 13.2 Å². The first-order valence-corrected chi connectivity index (χ1v) is 11.1. The van der Waals surface area contributed by atoms with Crippen molar-refractivity contribution in [3.05, 3.63) is 53.6 Å². The SMILES string of the molecule is CC(C)(C)c1cccc(S(=O)(=O)c2ccc(OCC3CO3)c(C(C)(C)C)c2)c1. The number of hydrogen-bond acceptors (Lipinski definition) is 4. The Hall–Kier alpha value is -1.85. The molecular formula is C23H30O4S. The van der Waals surface area contributed by atoms with Gasteiger partial charge in [0.05, 0.1) is 16.4 Å². The van der Waals surface area contributed by atoms with Crippen molar-refractivity contribution in [2.24, 2.45) is 0 Å². The fourth-order valence-corrected chi connectivity index (χ4v) is 4.33. The lowest BCUT2D eigenvalue weighted by atomic mass is 9.86. The Morgan fingerprint density at radius 3 is 2.18 bits per heavy atom.